The van der Waals surface area contributed by atoms with Gasteiger partial charge in [0.2, 0.25) is 5.95 Å². The van der Waals surface area contributed by atoms with Crippen LogP contribution < -0.4 is 10.1 Å². The van der Waals surface area contributed by atoms with E-state index in [9.17, 15) is 4.39 Å². The third-order valence-electron chi connectivity index (χ3n) is 4.94. The van der Waals surface area contributed by atoms with Crippen LogP contribution in [0.25, 0.3) is 11.3 Å². The lowest BCUT2D eigenvalue weighted by molar-refractivity contribution is 0.0648. The van der Waals surface area contributed by atoms with Crippen LogP contribution >= 0.6 is 11.5 Å². The molecule has 0 aliphatic heterocycles. The highest BCUT2D eigenvalue weighted by atomic mass is 32.1. The number of aryl methyl sites for hydroxylation is 1. The van der Waals surface area contributed by atoms with E-state index >= 15 is 0 Å². The van der Waals surface area contributed by atoms with Crippen molar-refractivity contribution in [1.29, 1.82) is 0 Å². The Balaban J connectivity index is 1.59. The van der Waals surface area contributed by atoms with E-state index in [-0.39, 0.29) is 12.1 Å². The molecule has 0 bridgehead atoms. The Labute approximate surface area is 160 Å². The minimum Gasteiger partial charge on any atom is -0.493 e. The Morgan fingerprint density at radius 1 is 1.37 bits per heavy atom. The normalized spacial score (nSPS) is 15.4. The molecule has 0 aromatic carbocycles. The molecule has 1 aliphatic rings. The fraction of sp³-hybridized carbons (Fsp3) is 0.444. The van der Waals surface area contributed by atoms with Gasteiger partial charge < -0.3 is 10.1 Å². The SMILES string of the molecule is COc1cnc(Nc2cc(C)ns2)nc1-c1cnn(CC2(CF)CCC2)c1. The van der Waals surface area contributed by atoms with Crippen molar-refractivity contribution in [3.8, 4) is 17.0 Å². The summed E-state index contributed by atoms with van der Waals surface area (Å²) in [6.45, 7) is 2.21. The average molecular weight is 388 g/mol. The summed E-state index contributed by atoms with van der Waals surface area (Å²) in [5, 5.41) is 8.44. The zero-order valence-electron chi connectivity index (χ0n) is 15.3. The largest absolute Gasteiger partial charge is 0.493 e. The van der Waals surface area contributed by atoms with Crippen molar-refractivity contribution in [3.63, 3.8) is 0 Å². The molecule has 142 valence electrons. The monoisotopic (exact) mass is 388 g/mol. The number of halogens is 1. The summed E-state index contributed by atoms with van der Waals surface area (Å²) < 4.78 is 24.9. The highest BCUT2D eigenvalue weighted by Gasteiger charge is 2.37. The molecule has 3 aromatic rings. The second kappa shape index (κ2) is 7.22. The van der Waals surface area contributed by atoms with Crippen molar-refractivity contribution >= 4 is 22.5 Å². The smallest absolute Gasteiger partial charge is 0.228 e. The van der Waals surface area contributed by atoms with Gasteiger partial charge in [-0.1, -0.05) is 6.42 Å². The number of nitrogens with zero attached hydrogens (tertiary/aromatic N) is 5. The van der Waals surface area contributed by atoms with Crippen LogP contribution in [0.1, 0.15) is 25.0 Å². The van der Waals surface area contributed by atoms with E-state index in [0.29, 0.717) is 23.9 Å². The van der Waals surface area contributed by atoms with Crippen LogP contribution in [-0.2, 0) is 6.54 Å². The number of anilines is 2. The molecule has 3 heterocycles. The topological polar surface area (TPSA) is 77.8 Å². The van der Waals surface area contributed by atoms with Crippen LogP contribution in [0, 0.1) is 12.3 Å². The fourth-order valence-electron chi connectivity index (χ4n) is 3.25. The van der Waals surface area contributed by atoms with Gasteiger partial charge in [0.1, 0.15) is 10.7 Å². The Bertz CT molecular complexity index is 930. The Morgan fingerprint density at radius 3 is 2.85 bits per heavy atom. The molecule has 0 atom stereocenters. The van der Waals surface area contributed by atoms with Crippen LogP contribution in [0.4, 0.5) is 15.3 Å². The van der Waals surface area contributed by atoms with E-state index in [1.165, 1.54) is 11.5 Å². The lowest BCUT2D eigenvalue weighted by Crippen LogP contribution is -2.36. The maximum atomic E-state index is 13.4. The predicted octanol–water partition coefficient (Wildman–Crippen LogP) is 4.00. The molecule has 0 amide bonds. The lowest BCUT2D eigenvalue weighted by atomic mass is 9.70. The van der Waals surface area contributed by atoms with Gasteiger partial charge in [-0.25, -0.2) is 9.97 Å². The zero-order chi connectivity index (χ0) is 18.9. The van der Waals surface area contributed by atoms with Gasteiger partial charge >= 0.3 is 0 Å². The Hall–Kier alpha value is -2.55. The maximum Gasteiger partial charge on any atom is 0.228 e. The molecule has 7 nitrogen and oxygen atoms in total. The molecule has 4 rings (SSSR count). The minimum atomic E-state index is -0.304. The molecule has 0 radical (unpaired) electrons. The van der Waals surface area contributed by atoms with Gasteiger partial charge in [0, 0.05) is 23.7 Å². The van der Waals surface area contributed by atoms with Gasteiger partial charge in [0.25, 0.3) is 0 Å². The van der Waals surface area contributed by atoms with Crippen LogP contribution in [0.3, 0.4) is 0 Å². The van der Waals surface area contributed by atoms with Crippen molar-refractivity contribution in [1.82, 2.24) is 24.1 Å². The molecule has 1 aliphatic carbocycles. The van der Waals surface area contributed by atoms with E-state index < -0.39 is 0 Å². The van der Waals surface area contributed by atoms with Gasteiger partial charge in [-0.15, -0.1) is 0 Å². The quantitative estimate of drug-likeness (QED) is 0.659. The van der Waals surface area contributed by atoms with E-state index in [4.69, 9.17) is 4.74 Å². The van der Waals surface area contributed by atoms with Gasteiger partial charge in [-0.3, -0.25) is 9.07 Å². The van der Waals surface area contributed by atoms with E-state index in [1.54, 1.807) is 24.2 Å². The third-order valence-corrected chi connectivity index (χ3v) is 5.74. The predicted molar refractivity (Wildman–Crippen MR) is 102 cm³/mol. The third kappa shape index (κ3) is 3.64. The number of alkyl halides is 1. The fourth-order valence-corrected chi connectivity index (χ4v) is 3.90. The number of ether oxygens (including phenoxy) is 1. The second-order valence-electron chi connectivity index (χ2n) is 6.98. The first-order chi connectivity index (χ1) is 13.1. The van der Waals surface area contributed by atoms with E-state index in [1.807, 2.05) is 19.2 Å². The molecule has 9 heteroatoms. The number of hydrogen-bond acceptors (Lipinski definition) is 7. The Kier molecular flexibility index (Phi) is 4.77. The summed E-state index contributed by atoms with van der Waals surface area (Å²) in [7, 11) is 1.58. The van der Waals surface area contributed by atoms with Gasteiger partial charge in [0.15, 0.2) is 5.75 Å². The van der Waals surface area contributed by atoms with Crippen molar-refractivity contribution < 1.29 is 9.13 Å². The summed E-state index contributed by atoms with van der Waals surface area (Å²) >= 11 is 1.35. The van der Waals surface area contributed by atoms with Crippen LogP contribution in [0.2, 0.25) is 0 Å². The number of methoxy groups -OCH3 is 1. The Morgan fingerprint density at radius 2 is 2.22 bits per heavy atom. The number of nitrogens with one attached hydrogen (secondary N) is 1. The summed E-state index contributed by atoms with van der Waals surface area (Å²) in [4.78, 5) is 8.88. The molecule has 27 heavy (non-hydrogen) atoms. The van der Waals surface area contributed by atoms with Crippen molar-refractivity contribution in [2.45, 2.75) is 32.7 Å². The molecular formula is C18H21FN6OS. The van der Waals surface area contributed by atoms with Crippen molar-refractivity contribution in [2.75, 3.05) is 19.1 Å². The standard InChI is InChI=1S/C18H21FN6OS/c1-12-6-15(27-24-12)22-17-20-8-14(26-2)16(23-17)13-7-21-25(9-13)11-18(10-19)4-3-5-18/h6-9H,3-5,10-11H2,1-2H3,(H,20,22,23). The van der Waals surface area contributed by atoms with Crippen LogP contribution in [-0.4, -0.2) is 37.9 Å². The first kappa shape index (κ1) is 17.8. The first-order valence-electron chi connectivity index (χ1n) is 8.81. The lowest BCUT2D eigenvalue weighted by Gasteiger charge is -2.39. The molecule has 3 aromatic heterocycles. The first-order valence-corrected chi connectivity index (χ1v) is 9.58. The van der Waals surface area contributed by atoms with Gasteiger partial charge in [-0.2, -0.15) is 9.47 Å². The summed E-state index contributed by atoms with van der Waals surface area (Å²) in [5.41, 5.74) is 2.14. The highest BCUT2D eigenvalue weighted by Crippen LogP contribution is 2.42. The molecule has 0 unspecified atom stereocenters. The van der Waals surface area contributed by atoms with Crippen molar-refractivity contribution in [3.05, 3.63) is 30.4 Å². The summed E-state index contributed by atoms with van der Waals surface area (Å²) in [5.74, 6) is 1.02. The van der Waals surface area contributed by atoms with Gasteiger partial charge in [-0.05, 0) is 37.4 Å². The molecule has 0 spiro atoms. The van der Waals surface area contributed by atoms with Crippen LogP contribution in [0.15, 0.2) is 24.7 Å². The number of hydrogen-bond donors (Lipinski definition) is 1. The molecule has 1 saturated carbocycles. The zero-order valence-corrected chi connectivity index (χ0v) is 16.1. The molecule has 0 saturated heterocycles. The van der Waals surface area contributed by atoms with Crippen LogP contribution in [0.5, 0.6) is 5.75 Å². The van der Waals surface area contributed by atoms with Crippen molar-refractivity contribution in [2.24, 2.45) is 5.41 Å². The molecule has 1 fully saturated rings. The van der Waals surface area contributed by atoms with E-state index in [0.717, 1.165) is 35.5 Å². The number of rotatable bonds is 7. The second-order valence-corrected chi connectivity index (χ2v) is 7.79. The average Bonchev–Trinajstić information content (AvgIpc) is 3.27. The summed E-state index contributed by atoms with van der Waals surface area (Å²) in [6.07, 6.45) is 8.17. The number of aromatic nitrogens is 5. The molecular weight excluding hydrogens is 367 g/mol. The summed E-state index contributed by atoms with van der Waals surface area (Å²) in [6, 6.07) is 1.94. The molecule has 1 N–H and O–H groups in total. The maximum absolute atomic E-state index is 13.4. The highest BCUT2D eigenvalue weighted by molar-refractivity contribution is 7.10. The minimum absolute atomic E-state index is 0.254. The van der Waals surface area contributed by atoms with Gasteiger partial charge in [0.05, 0.1) is 31.9 Å². The van der Waals surface area contributed by atoms with E-state index in [2.05, 4.69) is 24.8 Å².